The van der Waals surface area contributed by atoms with Crippen LogP contribution in [0.5, 0.6) is 5.75 Å². The van der Waals surface area contributed by atoms with Crippen LogP contribution in [0, 0.1) is 5.92 Å². The van der Waals surface area contributed by atoms with E-state index in [-0.39, 0.29) is 24.0 Å². The van der Waals surface area contributed by atoms with Gasteiger partial charge in [-0.15, -0.1) is 0 Å². The number of esters is 2. The summed E-state index contributed by atoms with van der Waals surface area (Å²) in [5.41, 5.74) is 4.83. The van der Waals surface area contributed by atoms with Crippen molar-refractivity contribution in [2.45, 2.75) is 98.0 Å². The van der Waals surface area contributed by atoms with Crippen LogP contribution >= 0.6 is 0 Å². The van der Waals surface area contributed by atoms with E-state index in [1.165, 1.54) is 38.5 Å². The highest BCUT2D eigenvalue weighted by molar-refractivity contribution is 5.90. The van der Waals surface area contributed by atoms with Crippen LogP contribution in [-0.4, -0.2) is 18.0 Å². The number of carbonyl (C=O) groups excluding carboxylic acids is 2. The summed E-state index contributed by atoms with van der Waals surface area (Å²) in [5.74, 6) is 0.0632. The Labute approximate surface area is 241 Å². The maximum absolute atomic E-state index is 12.5. The van der Waals surface area contributed by atoms with Crippen molar-refractivity contribution in [3.05, 3.63) is 78.4 Å². The smallest absolute Gasteiger partial charge is 0.338 e. The normalized spacial score (nSPS) is 12.5. The highest BCUT2D eigenvalue weighted by Gasteiger charge is 2.15. The Hall–Kier alpha value is -3.40. The summed E-state index contributed by atoms with van der Waals surface area (Å²) in [6, 6.07) is 23.6. The molecule has 2 unspecified atom stereocenters. The molecule has 3 aromatic carbocycles. The van der Waals surface area contributed by atoms with E-state index in [2.05, 4.69) is 38.1 Å². The van der Waals surface area contributed by atoms with E-state index in [1.807, 2.05) is 62.4 Å². The molecule has 0 aliphatic heterocycles. The fourth-order valence-electron chi connectivity index (χ4n) is 4.75. The molecule has 0 fully saturated rings. The lowest BCUT2D eigenvalue weighted by Crippen LogP contribution is -2.17. The summed E-state index contributed by atoms with van der Waals surface area (Å²) in [4.78, 5) is 24.9. The van der Waals surface area contributed by atoms with Crippen LogP contribution in [0.15, 0.2) is 72.8 Å². The maximum atomic E-state index is 12.5. The van der Waals surface area contributed by atoms with Crippen molar-refractivity contribution in [1.82, 2.24) is 0 Å². The zero-order valence-electron chi connectivity index (χ0n) is 24.8. The van der Waals surface area contributed by atoms with Gasteiger partial charge in [-0.05, 0) is 72.7 Å². The molecule has 3 aromatic rings. The quantitative estimate of drug-likeness (QED) is 0.103. The van der Waals surface area contributed by atoms with Gasteiger partial charge in [-0.3, -0.25) is 4.79 Å². The van der Waals surface area contributed by atoms with Crippen molar-refractivity contribution < 1.29 is 19.1 Å². The lowest BCUT2D eigenvalue weighted by molar-refractivity contribution is -0.138. The standard InChI is InChI=1S/C36H46O4/c1-5-7-9-11-13-27(3)35(37)40-34-25-23-32(24-26-34)30-17-15-29(16-18-30)31-19-21-33(22-20-31)36(38)39-28(4)14-12-10-8-6-2/h15-28H,5-14H2,1-4H3. The summed E-state index contributed by atoms with van der Waals surface area (Å²) >= 11 is 0. The van der Waals surface area contributed by atoms with E-state index in [1.54, 1.807) is 0 Å². The van der Waals surface area contributed by atoms with Gasteiger partial charge in [-0.1, -0.05) is 114 Å². The van der Waals surface area contributed by atoms with Crippen molar-refractivity contribution in [2.75, 3.05) is 0 Å². The third kappa shape index (κ3) is 9.97. The molecule has 0 bridgehead atoms. The predicted octanol–water partition coefficient (Wildman–Crippen LogP) is 10.0. The number of hydrogen-bond donors (Lipinski definition) is 0. The molecule has 0 radical (unpaired) electrons. The molecule has 40 heavy (non-hydrogen) atoms. The summed E-state index contributed by atoms with van der Waals surface area (Å²) in [6.45, 7) is 8.29. The largest absolute Gasteiger partial charge is 0.459 e. The first-order valence-corrected chi connectivity index (χ1v) is 15.1. The second-order valence-electron chi connectivity index (χ2n) is 10.9. The second kappa shape index (κ2) is 16.6. The molecule has 0 spiro atoms. The number of hydrogen-bond acceptors (Lipinski definition) is 4. The number of carbonyl (C=O) groups is 2. The summed E-state index contributed by atoms with van der Waals surface area (Å²) in [7, 11) is 0. The maximum Gasteiger partial charge on any atom is 0.338 e. The molecule has 0 saturated carbocycles. The predicted molar refractivity (Wildman–Crippen MR) is 165 cm³/mol. The van der Waals surface area contributed by atoms with E-state index in [4.69, 9.17) is 9.47 Å². The Morgan fingerprint density at radius 2 is 1.05 bits per heavy atom. The van der Waals surface area contributed by atoms with Crippen molar-refractivity contribution in [3.63, 3.8) is 0 Å². The molecular formula is C36H46O4. The molecule has 214 valence electrons. The van der Waals surface area contributed by atoms with E-state index in [0.717, 1.165) is 47.9 Å². The van der Waals surface area contributed by atoms with Gasteiger partial charge in [-0.25, -0.2) is 4.79 Å². The minimum absolute atomic E-state index is 0.0680. The fourth-order valence-corrected chi connectivity index (χ4v) is 4.75. The van der Waals surface area contributed by atoms with Crippen LogP contribution in [-0.2, 0) is 9.53 Å². The van der Waals surface area contributed by atoms with Gasteiger partial charge >= 0.3 is 11.9 Å². The molecule has 0 aliphatic carbocycles. The van der Waals surface area contributed by atoms with Gasteiger partial charge in [0.2, 0.25) is 0 Å². The van der Waals surface area contributed by atoms with E-state index in [0.29, 0.717) is 11.3 Å². The van der Waals surface area contributed by atoms with Crippen LogP contribution in [0.4, 0.5) is 0 Å². The van der Waals surface area contributed by atoms with Gasteiger partial charge in [0.1, 0.15) is 5.75 Å². The van der Waals surface area contributed by atoms with Crippen molar-refractivity contribution >= 4 is 11.9 Å². The highest BCUT2D eigenvalue weighted by atomic mass is 16.5. The monoisotopic (exact) mass is 542 g/mol. The fraction of sp³-hybridized carbons (Fsp3) is 0.444. The molecule has 2 atom stereocenters. The van der Waals surface area contributed by atoms with Crippen molar-refractivity contribution in [1.29, 1.82) is 0 Å². The molecule has 0 aliphatic rings. The van der Waals surface area contributed by atoms with Crippen LogP contribution in [0.25, 0.3) is 22.3 Å². The van der Waals surface area contributed by atoms with Crippen molar-refractivity contribution in [2.24, 2.45) is 5.92 Å². The summed E-state index contributed by atoms with van der Waals surface area (Å²) in [6.07, 6.45) is 11.0. The van der Waals surface area contributed by atoms with Gasteiger partial charge in [0.25, 0.3) is 0 Å². The third-order valence-corrected chi connectivity index (χ3v) is 7.41. The highest BCUT2D eigenvalue weighted by Crippen LogP contribution is 2.27. The first-order valence-electron chi connectivity index (χ1n) is 15.1. The Morgan fingerprint density at radius 3 is 1.55 bits per heavy atom. The zero-order chi connectivity index (χ0) is 28.7. The van der Waals surface area contributed by atoms with Crippen LogP contribution in [0.3, 0.4) is 0 Å². The second-order valence-corrected chi connectivity index (χ2v) is 10.9. The Bertz CT molecular complexity index is 1160. The SMILES string of the molecule is CCCCCCC(C)OC(=O)c1ccc(-c2ccc(-c3ccc(OC(=O)C(C)CCCCCC)cc3)cc2)cc1. The number of ether oxygens (including phenoxy) is 2. The lowest BCUT2D eigenvalue weighted by Gasteiger charge is -2.13. The molecule has 3 rings (SSSR count). The first-order chi connectivity index (χ1) is 19.4. The van der Waals surface area contributed by atoms with E-state index < -0.39 is 0 Å². The molecule has 0 N–H and O–H groups in total. The van der Waals surface area contributed by atoms with Crippen LogP contribution in [0.2, 0.25) is 0 Å². The number of rotatable bonds is 16. The van der Waals surface area contributed by atoms with Gasteiger partial charge in [0, 0.05) is 0 Å². The molecule has 0 heterocycles. The Morgan fingerprint density at radius 1 is 0.600 bits per heavy atom. The van der Waals surface area contributed by atoms with Crippen molar-refractivity contribution in [3.8, 4) is 28.0 Å². The number of benzene rings is 3. The lowest BCUT2D eigenvalue weighted by atomic mass is 9.99. The van der Waals surface area contributed by atoms with Crippen LogP contribution < -0.4 is 4.74 Å². The molecule has 0 aromatic heterocycles. The molecule has 4 nitrogen and oxygen atoms in total. The third-order valence-electron chi connectivity index (χ3n) is 7.41. The van der Waals surface area contributed by atoms with Gasteiger partial charge in [0.15, 0.2) is 0 Å². The van der Waals surface area contributed by atoms with E-state index >= 15 is 0 Å². The molecule has 0 amide bonds. The Balaban J connectivity index is 1.52. The average molecular weight is 543 g/mol. The number of unbranched alkanes of at least 4 members (excludes halogenated alkanes) is 6. The van der Waals surface area contributed by atoms with Gasteiger partial charge < -0.3 is 9.47 Å². The van der Waals surface area contributed by atoms with E-state index in [9.17, 15) is 9.59 Å². The molecule has 0 saturated heterocycles. The zero-order valence-corrected chi connectivity index (χ0v) is 24.8. The molecular weight excluding hydrogens is 496 g/mol. The molecule has 4 heteroatoms. The summed E-state index contributed by atoms with van der Waals surface area (Å²) < 4.78 is 11.2. The minimum Gasteiger partial charge on any atom is -0.459 e. The summed E-state index contributed by atoms with van der Waals surface area (Å²) in [5, 5.41) is 0. The van der Waals surface area contributed by atoms with Crippen LogP contribution in [0.1, 0.15) is 102 Å². The van der Waals surface area contributed by atoms with Gasteiger partial charge in [-0.2, -0.15) is 0 Å². The topological polar surface area (TPSA) is 52.6 Å². The Kier molecular flexibility index (Phi) is 13.0. The minimum atomic E-state index is -0.263. The van der Waals surface area contributed by atoms with Gasteiger partial charge in [0.05, 0.1) is 17.6 Å². The first kappa shape index (κ1) is 31.1. The average Bonchev–Trinajstić information content (AvgIpc) is 2.98.